The van der Waals surface area contributed by atoms with Crippen molar-refractivity contribution in [2.45, 2.75) is 122 Å². The van der Waals surface area contributed by atoms with E-state index in [0.717, 1.165) is 51.7 Å². The lowest BCUT2D eigenvalue weighted by Gasteiger charge is -2.39. The molecular formula is C44H55F3N6OSi. The Morgan fingerprint density at radius 1 is 0.982 bits per heavy atom. The van der Waals surface area contributed by atoms with Crippen molar-refractivity contribution in [3.05, 3.63) is 47.3 Å². The number of piperidine rings is 1. The number of ether oxygens (including phenoxy) is 1. The van der Waals surface area contributed by atoms with Crippen LogP contribution in [0.15, 0.2) is 24.3 Å². The summed E-state index contributed by atoms with van der Waals surface area (Å²) in [7, 11) is -2.14. The van der Waals surface area contributed by atoms with Crippen molar-refractivity contribution in [3.63, 3.8) is 0 Å². The Morgan fingerprint density at radius 2 is 1.75 bits per heavy atom. The van der Waals surface area contributed by atoms with Gasteiger partial charge < -0.3 is 9.64 Å². The van der Waals surface area contributed by atoms with Gasteiger partial charge in [-0.1, -0.05) is 60.5 Å². The molecule has 3 aliphatic heterocycles. The SMILES string of the molecule is Cc1nc(-c2c(F)cc3c(N4CC5CC[C@@](C)(C5)C4)nc(OC[C@@]45CCCN4C[C@H](F)C5)nc3c2F)c2c(C#C[Si](C(C)C)(C(C)C)C(C)C)cccc2n1. The maximum absolute atomic E-state index is 17.5. The molecule has 0 N–H and O–H groups in total. The third-order valence-electron chi connectivity index (χ3n) is 13.7. The third-order valence-corrected chi connectivity index (χ3v) is 20.0. The van der Waals surface area contributed by atoms with E-state index >= 15 is 8.78 Å². The smallest absolute Gasteiger partial charge is 0.319 e. The Labute approximate surface area is 324 Å². The average molecular weight is 769 g/mol. The largest absolute Gasteiger partial charge is 0.461 e. The summed E-state index contributed by atoms with van der Waals surface area (Å²) in [6.45, 7) is 20.5. The molecule has 4 aliphatic rings. The summed E-state index contributed by atoms with van der Waals surface area (Å²) in [5, 5.41) is 0.823. The number of halogens is 3. The fourth-order valence-electron chi connectivity index (χ4n) is 11.3. The lowest BCUT2D eigenvalue weighted by atomic mass is 9.84. The molecule has 292 valence electrons. The van der Waals surface area contributed by atoms with Gasteiger partial charge in [-0.2, -0.15) is 9.97 Å². The maximum atomic E-state index is 17.5. The Bertz CT molecular complexity index is 2200. The molecule has 4 atom stereocenters. The van der Waals surface area contributed by atoms with E-state index in [2.05, 4.69) is 69.7 Å². The van der Waals surface area contributed by atoms with Crippen LogP contribution in [0.5, 0.6) is 6.01 Å². The summed E-state index contributed by atoms with van der Waals surface area (Å²) in [6, 6.07) is 7.05. The van der Waals surface area contributed by atoms with E-state index in [-0.39, 0.29) is 34.8 Å². The van der Waals surface area contributed by atoms with Crippen LogP contribution in [0.3, 0.4) is 0 Å². The maximum Gasteiger partial charge on any atom is 0.319 e. The highest BCUT2D eigenvalue weighted by molar-refractivity contribution is 6.90. The van der Waals surface area contributed by atoms with E-state index in [1.807, 2.05) is 18.2 Å². The number of hydrogen-bond acceptors (Lipinski definition) is 7. The predicted octanol–water partition coefficient (Wildman–Crippen LogP) is 9.98. The molecule has 55 heavy (non-hydrogen) atoms. The van der Waals surface area contributed by atoms with E-state index in [1.165, 1.54) is 6.07 Å². The van der Waals surface area contributed by atoms with Gasteiger partial charge in [0.2, 0.25) is 0 Å². The lowest BCUT2D eigenvalue weighted by Crippen LogP contribution is -2.44. The van der Waals surface area contributed by atoms with Crippen LogP contribution < -0.4 is 9.64 Å². The highest BCUT2D eigenvalue weighted by Gasteiger charge is 2.50. The topological polar surface area (TPSA) is 67.3 Å². The molecule has 2 bridgehead atoms. The molecule has 1 unspecified atom stereocenters. The third kappa shape index (κ3) is 6.49. The summed E-state index contributed by atoms with van der Waals surface area (Å²) < 4.78 is 55.5. The van der Waals surface area contributed by atoms with Gasteiger partial charge in [-0.25, -0.2) is 23.1 Å². The second-order valence-corrected chi connectivity index (χ2v) is 24.0. The zero-order chi connectivity index (χ0) is 39.0. The van der Waals surface area contributed by atoms with Gasteiger partial charge >= 0.3 is 6.01 Å². The van der Waals surface area contributed by atoms with Gasteiger partial charge in [-0.15, -0.1) is 5.54 Å². The molecule has 1 saturated carbocycles. The number of aromatic nitrogens is 4. The first-order valence-electron chi connectivity index (χ1n) is 20.4. The van der Waals surface area contributed by atoms with Crippen LogP contribution in [0.4, 0.5) is 19.0 Å². The number of nitrogens with zero attached hydrogens (tertiary/aromatic N) is 6. The quantitative estimate of drug-likeness (QED) is 0.131. The first-order valence-corrected chi connectivity index (χ1v) is 22.6. The number of alkyl halides is 1. The number of benzene rings is 2. The molecular weight excluding hydrogens is 714 g/mol. The number of anilines is 1. The summed E-state index contributed by atoms with van der Waals surface area (Å²) in [5.41, 5.74) is 5.78. The fraction of sp³-hybridized carbons (Fsp3) is 0.591. The van der Waals surface area contributed by atoms with Gasteiger partial charge in [0.25, 0.3) is 0 Å². The van der Waals surface area contributed by atoms with E-state index < -0.39 is 31.4 Å². The molecule has 4 aromatic rings. The van der Waals surface area contributed by atoms with Crippen LogP contribution in [0.2, 0.25) is 16.6 Å². The van der Waals surface area contributed by atoms with E-state index in [0.29, 0.717) is 69.0 Å². The standard InChI is InChI=1S/C44H55F3N6OSi/c1-26(2)55(27(3)4,28(5)6)18-14-31-11-9-12-35-36(31)40(49-29(7)48-35)37-34(46)19-33-39(38(37)47)50-42(54-25-44-15-10-17-53(44)23-32(45)21-44)51-41(33)52-22-30-13-16-43(8,20-30)24-52/h9,11-12,19,26-28,30,32H,10,13,15-17,20-25H2,1-8H3/t30?,32-,43+,44+/m1/s1. The van der Waals surface area contributed by atoms with Crippen molar-refractivity contribution in [3.8, 4) is 28.7 Å². The normalized spacial score (nSPS) is 25.5. The molecule has 4 fully saturated rings. The van der Waals surface area contributed by atoms with Gasteiger partial charge in [-0.3, -0.25) is 4.90 Å². The van der Waals surface area contributed by atoms with E-state index in [4.69, 9.17) is 24.7 Å². The molecule has 5 heterocycles. The minimum Gasteiger partial charge on any atom is -0.461 e. The molecule has 11 heteroatoms. The first-order chi connectivity index (χ1) is 26.1. The Balaban J connectivity index is 1.30. The van der Waals surface area contributed by atoms with E-state index in [1.54, 1.807) is 6.92 Å². The van der Waals surface area contributed by atoms with Gasteiger partial charge in [0.1, 0.15) is 43.8 Å². The summed E-state index contributed by atoms with van der Waals surface area (Å²) in [6.07, 6.45) is 4.63. The molecule has 1 aliphatic carbocycles. The second-order valence-electron chi connectivity index (χ2n) is 18.4. The number of rotatable bonds is 8. The van der Waals surface area contributed by atoms with Gasteiger partial charge in [0, 0.05) is 42.4 Å². The molecule has 0 radical (unpaired) electrons. The van der Waals surface area contributed by atoms with Gasteiger partial charge in [-0.05, 0) is 91.7 Å². The van der Waals surface area contributed by atoms with Crippen LogP contribution in [0, 0.1) is 41.4 Å². The molecule has 0 amide bonds. The fourth-order valence-corrected chi connectivity index (χ4v) is 16.5. The Hall–Kier alpha value is -3.75. The van der Waals surface area contributed by atoms with Crippen molar-refractivity contribution < 1.29 is 17.9 Å². The number of fused-ring (bicyclic) bond motifs is 5. The lowest BCUT2D eigenvalue weighted by molar-refractivity contribution is 0.107. The van der Waals surface area contributed by atoms with Gasteiger partial charge in [0.15, 0.2) is 5.82 Å². The molecule has 0 spiro atoms. The van der Waals surface area contributed by atoms with Crippen molar-refractivity contribution in [1.82, 2.24) is 24.8 Å². The number of hydrogen-bond donors (Lipinski definition) is 0. The highest BCUT2D eigenvalue weighted by atomic mass is 28.3. The summed E-state index contributed by atoms with van der Waals surface area (Å²) >= 11 is 0. The minimum atomic E-state index is -2.14. The van der Waals surface area contributed by atoms with Crippen LogP contribution in [0.1, 0.15) is 98.4 Å². The van der Waals surface area contributed by atoms with Crippen molar-refractivity contribution in [2.75, 3.05) is 37.7 Å². The molecule has 8 rings (SSSR count). The monoisotopic (exact) mass is 768 g/mol. The Kier molecular flexibility index (Phi) is 9.72. The molecule has 7 nitrogen and oxygen atoms in total. The first kappa shape index (κ1) is 38.1. The Morgan fingerprint density at radius 3 is 2.47 bits per heavy atom. The van der Waals surface area contributed by atoms with Crippen LogP contribution in [-0.4, -0.2) is 77.4 Å². The zero-order valence-electron chi connectivity index (χ0n) is 33.7. The summed E-state index contributed by atoms with van der Waals surface area (Å²) in [5.74, 6) is 3.31. The van der Waals surface area contributed by atoms with Crippen LogP contribution >= 0.6 is 0 Å². The van der Waals surface area contributed by atoms with Crippen molar-refractivity contribution in [2.24, 2.45) is 11.3 Å². The minimum absolute atomic E-state index is 0.0196. The number of aryl methyl sites for hydroxylation is 1. The average Bonchev–Trinajstić information content (AvgIpc) is 3.74. The summed E-state index contributed by atoms with van der Waals surface area (Å²) in [4.78, 5) is 23.4. The van der Waals surface area contributed by atoms with Gasteiger partial charge in [0.05, 0.1) is 22.3 Å². The molecule has 3 saturated heterocycles. The van der Waals surface area contributed by atoms with Crippen LogP contribution in [-0.2, 0) is 0 Å². The molecule has 2 aromatic carbocycles. The highest BCUT2D eigenvalue weighted by Crippen LogP contribution is 2.49. The van der Waals surface area contributed by atoms with Crippen LogP contribution in [0.25, 0.3) is 33.1 Å². The zero-order valence-corrected chi connectivity index (χ0v) is 34.7. The van der Waals surface area contributed by atoms with Crippen molar-refractivity contribution >= 4 is 35.7 Å². The second kappa shape index (κ2) is 14.0. The van der Waals surface area contributed by atoms with E-state index in [9.17, 15) is 4.39 Å². The van der Waals surface area contributed by atoms with Crippen molar-refractivity contribution in [1.29, 1.82) is 0 Å². The molecule has 2 aromatic heterocycles. The predicted molar refractivity (Wildman–Crippen MR) is 217 cm³/mol.